The number of aliphatic hydroxyl groups is 1. The molecule has 3 aromatic rings. The molecule has 0 aliphatic heterocycles. The van der Waals surface area contributed by atoms with E-state index in [1.165, 1.54) is 16.7 Å². The number of rotatable bonds is 3. The first kappa shape index (κ1) is 16.4. The summed E-state index contributed by atoms with van der Waals surface area (Å²) in [6, 6.07) is 2.89. The van der Waals surface area contributed by atoms with E-state index in [-0.39, 0.29) is 23.5 Å². The van der Waals surface area contributed by atoms with E-state index < -0.39 is 24.0 Å². The van der Waals surface area contributed by atoms with Gasteiger partial charge in [0, 0.05) is 0 Å². The van der Waals surface area contributed by atoms with Crippen LogP contribution < -0.4 is 11.4 Å². The lowest BCUT2D eigenvalue weighted by atomic mass is 10.1. The average Bonchev–Trinajstić information content (AvgIpc) is 2.83. The van der Waals surface area contributed by atoms with Crippen molar-refractivity contribution in [1.82, 2.24) is 19.1 Å². The van der Waals surface area contributed by atoms with Crippen LogP contribution in [0.5, 0.6) is 0 Å². The van der Waals surface area contributed by atoms with Crippen LogP contribution in [0.3, 0.4) is 0 Å². The van der Waals surface area contributed by atoms with E-state index in [0.29, 0.717) is 15.6 Å². The minimum absolute atomic E-state index is 0.0988. The summed E-state index contributed by atoms with van der Waals surface area (Å²) < 4.78 is 40.2. The van der Waals surface area contributed by atoms with Crippen molar-refractivity contribution in [2.45, 2.75) is 38.7 Å². The molecule has 0 amide bonds. The fourth-order valence-electron chi connectivity index (χ4n) is 2.68. The molecule has 2 aromatic heterocycles. The molecule has 0 aliphatic carbocycles. The van der Waals surface area contributed by atoms with Crippen molar-refractivity contribution >= 4 is 28.0 Å². The average molecular weight is 343 g/mol. The summed E-state index contributed by atoms with van der Waals surface area (Å²) >= 11 is 0. The molecule has 130 valence electrons. The molecule has 0 unspecified atom stereocenters. The Balaban J connectivity index is 2.25. The quantitative estimate of drug-likeness (QED) is 0.672. The molecular formula is C14H16F3N5O2. The van der Waals surface area contributed by atoms with Gasteiger partial charge in [-0.2, -0.15) is 13.2 Å². The molecule has 1 aromatic carbocycles. The Labute approximate surface area is 133 Å². The number of nitrogens with two attached hydrogens (primary N) is 1. The molecule has 0 fully saturated rings. The number of aromatic nitrogens is 4. The van der Waals surface area contributed by atoms with Crippen LogP contribution in [0, 0.1) is 0 Å². The second-order valence-corrected chi connectivity index (χ2v) is 6.36. The number of alkyl halides is 3. The van der Waals surface area contributed by atoms with Gasteiger partial charge in [-0.15, -0.1) is 0 Å². The maximum absolute atomic E-state index is 12.7. The van der Waals surface area contributed by atoms with E-state index in [1.54, 1.807) is 13.8 Å². The molecule has 0 aliphatic rings. The summed E-state index contributed by atoms with van der Waals surface area (Å²) in [7, 11) is 0. The number of fused-ring (bicyclic) bond motifs is 2. The number of aromatic amines is 1. The second kappa shape index (κ2) is 5.00. The van der Waals surface area contributed by atoms with Gasteiger partial charge in [0.25, 0.3) is 0 Å². The lowest BCUT2D eigenvalue weighted by Crippen LogP contribution is -2.27. The smallest absolute Gasteiger partial charge is 0.389 e. The van der Waals surface area contributed by atoms with E-state index >= 15 is 0 Å². The van der Waals surface area contributed by atoms with Crippen LogP contribution in [0.4, 0.5) is 19.1 Å². The Bertz CT molecular complexity index is 975. The highest BCUT2D eigenvalue weighted by molar-refractivity contribution is 5.92. The topological polar surface area (TPSA) is 102 Å². The Morgan fingerprint density at radius 3 is 2.46 bits per heavy atom. The molecule has 0 atom stereocenters. The normalized spacial score (nSPS) is 13.2. The van der Waals surface area contributed by atoms with Gasteiger partial charge in [-0.3, -0.25) is 4.57 Å². The fraction of sp³-hybridized carbons (Fsp3) is 0.429. The summed E-state index contributed by atoms with van der Waals surface area (Å²) in [6.45, 7) is 1.86. The molecule has 0 spiro atoms. The number of hydrogen-bond donors (Lipinski definition) is 3. The number of nitrogen functional groups attached to an aromatic ring is 1. The molecule has 10 heteroatoms. The van der Waals surface area contributed by atoms with E-state index in [4.69, 9.17) is 5.73 Å². The van der Waals surface area contributed by atoms with Crippen molar-refractivity contribution in [1.29, 1.82) is 0 Å². The summed E-state index contributed by atoms with van der Waals surface area (Å²) in [6.07, 6.45) is -4.53. The molecule has 2 heterocycles. The van der Waals surface area contributed by atoms with Gasteiger partial charge in [0.05, 0.1) is 34.2 Å². The third-order valence-corrected chi connectivity index (χ3v) is 3.56. The van der Waals surface area contributed by atoms with Crippen molar-refractivity contribution in [3.8, 4) is 0 Å². The van der Waals surface area contributed by atoms with Crippen LogP contribution in [0.1, 0.15) is 13.8 Å². The molecule has 0 saturated heterocycles. The monoisotopic (exact) mass is 343 g/mol. The molecule has 0 bridgehead atoms. The minimum Gasteiger partial charge on any atom is -0.389 e. The molecule has 7 nitrogen and oxygen atoms in total. The minimum atomic E-state index is -4.53. The van der Waals surface area contributed by atoms with Crippen LogP contribution in [0.25, 0.3) is 22.1 Å². The van der Waals surface area contributed by atoms with Gasteiger partial charge in [-0.1, -0.05) is 0 Å². The predicted molar refractivity (Wildman–Crippen MR) is 82.6 cm³/mol. The van der Waals surface area contributed by atoms with E-state index in [0.717, 1.165) is 0 Å². The van der Waals surface area contributed by atoms with Crippen molar-refractivity contribution < 1.29 is 18.3 Å². The number of H-pyrrole nitrogens is 1. The number of imidazole rings is 2. The van der Waals surface area contributed by atoms with Gasteiger partial charge in [-0.25, -0.2) is 9.78 Å². The highest BCUT2D eigenvalue weighted by Gasteiger charge is 2.30. The summed E-state index contributed by atoms with van der Waals surface area (Å²) in [4.78, 5) is 18.3. The first-order valence-electron chi connectivity index (χ1n) is 7.12. The van der Waals surface area contributed by atoms with Crippen LogP contribution in [-0.4, -0.2) is 36.0 Å². The molecule has 0 saturated carbocycles. The van der Waals surface area contributed by atoms with Gasteiger partial charge < -0.3 is 20.4 Å². The van der Waals surface area contributed by atoms with Crippen LogP contribution in [0.2, 0.25) is 0 Å². The predicted octanol–water partition coefficient (Wildman–Crippen LogP) is 1.59. The molecular weight excluding hydrogens is 327 g/mol. The summed E-state index contributed by atoms with van der Waals surface area (Å²) in [5.74, 6) is 0.129. The van der Waals surface area contributed by atoms with Crippen LogP contribution in [0.15, 0.2) is 16.9 Å². The number of nitrogens with zero attached hydrogens (tertiary/aromatic N) is 3. The third-order valence-electron chi connectivity index (χ3n) is 3.56. The van der Waals surface area contributed by atoms with Gasteiger partial charge >= 0.3 is 11.9 Å². The lowest BCUT2D eigenvalue weighted by Gasteiger charge is -2.19. The van der Waals surface area contributed by atoms with Gasteiger partial charge in [0.15, 0.2) is 0 Å². The van der Waals surface area contributed by atoms with Crippen molar-refractivity contribution in [2.75, 3.05) is 5.73 Å². The van der Waals surface area contributed by atoms with Gasteiger partial charge in [-0.05, 0) is 26.0 Å². The Morgan fingerprint density at radius 1 is 1.21 bits per heavy atom. The zero-order valence-electron chi connectivity index (χ0n) is 13.0. The zero-order valence-corrected chi connectivity index (χ0v) is 13.0. The maximum atomic E-state index is 12.7. The Morgan fingerprint density at radius 2 is 1.88 bits per heavy atom. The molecule has 4 N–H and O–H groups in total. The van der Waals surface area contributed by atoms with Crippen LogP contribution >= 0.6 is 0 Å². The van der Waals surface area contributed by atoms with Crippen molar-refractivity contribution in [3.63, 3.8) is 0 Å². The number of benzene rings is 1. The number of anilines is 1. The first-order valence-corrected chi connectivity index (χ1v) is 7.12. The van der Waals surface area contributed by atoms with Crippen LogP contribution in [-0.2, 0) is 13.1 Å². The Hall–Kier alpha value is -2.49. The van der Waals surface area contributed by atoms with Gasteiger partial charge in [0.2, 0.25) is 5.95 Å². The van der Waals surface area contributed by atoms with E-state index in [2.05, 4.69) is 9.97 Å². The highest BCUT2D eigenvalue weighted by Crippen LogP contribution is 2.26. The highest BCUT2D eigenvalue weighted by atomic mass is 19.4. The Kier molecular flexibility index (Phi) is 3.41. The standard InChI is InChI=1S/C14H16F3N5O2/c1-13(2,24)5-21-9-4-10-8(3-7(9)19-11(21)18)20-12(23)22(10)6-14(15,16)17/h3-4,24H,5-6H2,1-2H3,(H2,18,19)(H,20,23). The van der Waals surface area contributed by atoms with Crippen molar-refractivity contribution in [2.24, 2.45) is 0 Å². The fourth-order valence-corrected chi connectivity index (χ4v) is 2.68. The summed E-state index contributed by atoms with van der Waals surface area (Å²) in [5.41, 5.74) is 5.10. The maximum Gasteiger partial charge on any atom is 0.406 e. The number of halogens is 3. The second-order valence-electron chi connectivity index (χ2n) is 6.36. The third kappa shape index (κ3) is 2.96. The number of hydrogen-bond acceptors (Lipinski definition) is 4. The SMILES string of the molecule is CC(C)(O)Cn1c(N)nc2cc3[nH]c(=O)n(CC(F)(F)F)c3cc21. The van der Waals surface area contributed by atoms with E-state index in [9.17, 15) is 23.1 Å². The van der Waals surface area contributed by atoms with Crippen molar-refractivity contribution in [3.05, 3.63) is 22.6 Å². The first-order chi connectivity index (χ1) is 10.9. The largest absolute Gasteiger partial charge is 0.406 e. The molecule has 0 radical (unpaired) electrons. The summed E-state index contributed by atoms with van der Waals surface area (Å²) in [5, 5.41) is 9.98. The lowest BCUT2D eigenvalue weighted by molar-refractivity contribution is -0.140. The zero-order chi connectivity index (χ0) is 17.9. The van der Waals surface area contributed by atoms with E-state index in [1.807, 2.05) is 0 Å². The molecule has 24 heavy (non-hydrogen) atoms. The molecule has 3 rings (SSSR count). The van der Waals surface area contributed by atoms with Gasteiger partial charge in [0.1, 0.15) is 6.54 Å². The number of nitrogens with one attached hydrogen (secondary N) is 1.